The number of carbonyl (C=O) groups is 1. The summed E-state index contributed by atoms with van der Waals surface area (Å²) in [6.45, 7) is 0.551. The number of nitrogens with zero attached hydrogens (tertiary/aromatic N) is 4. The standard InChI is InChI=1S/C22H18F2N4O3S/c23-13-5-4-12(16(24)10-13)9-17-25-26-21(32-17)15-11-27-8-6-14-3-1-2-7-28(14)22(31)18(27)20(30)19(15)29/h4-5,10-11,14,19,29-30H,1-3,7,9H2/t14-,19?/m1/s1. The van der Waals surface area contributed by atoms with Crippen molar-refractivity contribution in [3.8, 4) is 12.0 Å². The molecule has 3 aliphatic rings. The number of piperidine rings is 1. The minimum absolute atomic E-state index is 0.0590. The SMILES string of the molecule is O=C1C2=C(O)C(O)C(c3nnc(Cc4ccc(F)cc4F)s3)=CN2C#C[C@H]2CCCCN12. The summed E-state index contributed by atoms with van der Waals surface area (Å²) in [6.07, 6.45) is 2.70. The Bertz CT molecular complexity index is 1230. The first-order valence-electron chi connectivity index (χ1n) is 10.1. The number of amides is 1. The molecule has 0 spiro atoms. The molecular weight excluding hydrogens is 438 g/mol. The Labute approximate surface area is 186 Å². The van der Waals surface area contributed by atoms with Gasteiger partial charge in [-0.05, 0) is 30.9 Å². The molecule has 2 atom stereocenters. The van der Waals surface area contributed by atoms with E-state index in [1.165, 1.54) is 23.2 Å². The first-order chi connectivity index (χ1) is 15.4. The van der Waals surface area contributed by atoms with Crippen LogP contribution in [0.1, 0.15) is 34.8 Å². The van der Waals surface area contributed by atoms with Crippen LogP contribution in [-0.2, 0) is 11.2 Å². The van der Waals surface area contributed by atoms with Crippen LogP contribution in [-0.4, -0.2) is 54.8 Å². The van der Waals surface area contributed by atoms with Crippen molar-refractivity contribution in [3.05, 3.63) is 63.1 Å². The molecule has 1 fully saturated rings. The van der Waals surface area contributed by atoms with Crippen molar-refractivity contribution in [1.82, 2.24) is 20.0 Å². The molecule has 1 aromatic heterocycles. The number of aliphatic hydroxyl groups excluding tert-OH is 2. The van der Waals surface area contributed by atoms with Crippen molar-refractivity contribution in [2.45, 2.75) is 37.8 Å². The Hall–Kier alpha value is -3.29. The van der Waals surface area contributed by atoms with E-state index >= 15 is 0 Å². The highest BCUT2D eigenvalue weighted by Gasteiger charge is 2.39. The second kappa shape index (κ2) is 8.00. The van der Waals surface area contributed by atoms with Gasteiger partial charge in [-0.2, -0.15) is 0 Å². The van der Waals surface area contributed by atoms with Gasteiger partial charge in [0.1, 0.15) is 27.8 Å². The number of hydrogen-bond acceptors (Lipinski definition) is 7. The van der Waals surface area contributed by atoms with Gasteiger partial charge in [0.25, 0.3) is 5.91 Å². The number of rotatable bonds is 3. The molecule has 10 heteroatoms. The summed E-state index contributed by atoms with van der Waals surface area (Å²) in [5.74, 6) is 0.851. The third-order valence-corrected chi connectivity index (χ3v) is 6.67. The van der Waals surface area contributed by atoms with E-state index in [0.717, 1.165) is 36.7 Å². The average molecular weight is 456 g/mol. The molecule has 3 aliphatic heterocycles. The molecule has 1 amide bonds. The lowest BCUT2D eigenvalue weighted by Crippen LogP contribution is -2.45. The lowest BCUT2D eigenvalue weighted by Gasteiger charge is -2.33. The number of carbonyl (C=O) groups excluding carboxylic acids is 1. The second-order valence-electron chi connectivity index (χ2n) is 7.77. The first-order valence-corrected chi connectivity index (χ1v) is 10.9. The van der Waals surface area contributed by atoms with E-state index in [1.54, 1.807) is 4.90 Å². The van der Waals surface area contributed by atoms with Gasteiger partial charge in [0, 0.05) is 36.8 Å². The summed E-state index contributed by atoms with van der Waals surface area (Å²) in [5.41, 5.74) is 0.436. The number of benzene rings is 1. The van der Waals surface area contributed by atoms with Crippen LogP contribution in [0.15, 0.2) is 35.9 Å². The van der Waals surface area contributed by atoms with Crippen LogP contribution >= 0.6 is 11.3 Å². The lowest BCUT2D eigenvalue weighted by molar-refractivity contribution is -0.130. The van der Waals surface area contributed by atoms with Crippen LogP contribution in [0, 0.1) is 23.6 Å². The van der Waals surface area contributed by atoms with Gasteiger partial charge in [-0.25, -0.2) is 8.78 Å². The topological polar surface area (TPSA) is 89.8 Å². The molecule has 164 valence electrons. The van der Waals surface area contributed by atoms with Gasteiger partial charge in [0.05, 0.1) is 6.04 Å². The molecule has 0 saturated carbocycles. The van der Waals surface area contributed by atoms with Crippen LogP contribution in [0.4, 0.5) is 8.78 Å². The van der Waals surface area contributed by atoms with Crippen molar-refractivity contribution in [2.24, 2.45) is 0 Å². The van der Waals surface area contributed by atoms with Gasteiger partial charge < -0.3 is 15.1 Å². The van der Waals surface area contributed by atoms with Crippen molar-refractivity contribution in [2.75, 3.05) is 6.54 Å². The smallest absolute Gasteiger partial charge is 0.276 e. The second-order valence-corrected chi connectivity index (χ2v) is 8.83. The Kier molecular flexibility index (Phi) is 5.15. The summed E-state index contributed by atoms with van der Waals surface area (Å²) in [5, 5.41) is 30.3. The van der Waals surface area contributed by atoms with Crippen LogP contribution in [0.25, 0.3) is 5.57 Å². The predicted octanol–water partition coefficient (Wildman–Crippen LogP) is 2.55. The fourth-order valence-corrected chi connectivity index (χ4v) is 4.92. The van der Waals surface area contributed by atoms with Gasteiger partial charge in [-0.3, -0.25) is 9.69 Å². The molecule has 5 rings (SSSR count). The Morgan fingerprint density at radius 2 is 2.09 bits per heavy atom. The highest BCUT2D eigenvalue weighted by atomic mass is 32.1. The van der Waals surface area contributed by atoms with Gasteiger partial charge >= 0.3 is 0 Å². The number of aliphatic hydroxyl groups is 2. The fourth-order valence-electron chi connectivity index (χ4n) is 4.02. The molecule has 0 bridgehead atoms. The maximum absolute atomic E-state index is 14.0. The predicted molar refractivity (Wildman–Crippen MR) is 112 cm³/mol. The van der Waals surface area contributed by atoms with Crippen LogP contribution < -0.4 is 0 Å². The van der Waals surface area contributed by atoms with Gasteiger partial charge in [-0.15, -0.1) is 10.2 Å². The van der Waals surface area contributed by atoms with E-state index in [-0.39, 0.29) is 35.2 Å². The fraction of sp³-hybridized carbons (Fsp3) is 0.318. The number of fused-ring (bicyclic) bond motifs is 2. The largest absolute Gasteiger partial charge is 0.507 e. The molecule has 4 heterocycles. The van der Waals surface area contributed by atoms with E-state index in [9.17, 15) is 23.8 Å². The molecule has 1 saturated heterocycles. The monoisotopic (exact) mass is 456 g/mol. The van der Waals surface area contributed by atoms with Crippen molar-refractivity contribution >= 4 is 22.8 Å². The highest BCUT2D eigenvalue weighted by molar-refractivity contribution is 7.12. The first kappa shape index (κ1) is 20.6. The van der Waals surface area contributed by atoms with E-state index in [4.69, 9.17) is 0 Å². The lowest BCUT2D eigenvalue weighted by atomic mass is 10.0. The zero-order valence-corrected chi connectivity index (χ0v) is 17.6. The summed E-state index contributed by atoms with van der Waals surface area (Å²) >= 11 is 1.10. The molecule has 1 aromatic carbocycles. The minimum atomic E-state index is -1.48. The molecule has 2 N–H and O–H groups in total. The maximum atomic E-state index is 14.0. The average Bonchev–Trinajstić information content (AvgIpc) is 3.19. The zero-order chi connectivity index (χ0) is 22.4. The summed E-state index contributed by atoms with van der Waals surface area (Å²) in [7, 11) is 0. The van der Waals surface area contributed by atoms with E-state index in [0.29, 0.717) is 16.6 Å². The quantitative estimate of drug-likeness (QED) is 0.690. The number of hydrogen-bond donors (Lipinski definition) is 2. The van der Waals surface area contributed by atoms with Crippen LogP contribution in [0.2, 0.25) is 0 Å². The molecule has 32 heavy (non-hydrogen) atoms. The van der Waals surface area contributed by atoms with Crippen LogP contribution in [0.5, 0.6) is 0 Å². The van der Waals surface area contributed by atoms with Crippen molar-refractivity contribution in [3.63, 3.8) is 0 Å². The van der Waals surface area contributed by atoms with E-state index in [2.05, 4.69) is 22.2 Å². The Morgan fingerprint density at radius 3 is 2.91 bits per heavy atom. The molecule has 7 nitrogen and oxygen atoms in total. The minimum Gasteiger partial charge on any atom is -0.507 e. The molecule has 1 unspecified atom stereocenters. The van der Waals surface area contributed by atoms with Gasteiger partial charge in [0.2, 0.25) is 0 Å². The van der Waals surface area contributed by atoms with E-state index in [1.807, 2.05) is 0 Å². The molecular formula is C22H18F2N4O3S. The third kappa shape index (κ3) is 3.53. The maximum Gasteiger partial charge on any atom is 0.276 e. The molecule has 0 radical (unpaired) electrons. The summed E-state index contributed by atoms with van der Waals surface area (Å²) < 4.78 is 27.1. The highest BCUT2D eigenvalue weighted by Crippen LogP contribution is 2.35. The van der Waals surface area contributed by atoms with Crippen molar-refractivity contribution < 1.29 is 23.8 Å². The Morgan fingerprint density at radius 1 is 1.25 bits per heavy atom. The van der Waals surface area contributed by atoms with Crippen LogP contribution in [0.3, 0.4) is 0 Å². The molecule has 2 aromatic rings. The Balaban J connectivity index is 1.45. The van der Waals surface area contributed by atoms with Crippen molar-refractivity contribution in [1.29, 1.82) is 0 Å². The third-order valence-electron chi connectivity index (χ3n) is 5.69. The summed E-state index contributed by atoms with van der Waals surface area (Å²) in [6, 6.07) is 6.00. The van der Waals surface area contributed by atoms with E-state index < -0.39 is 23.5 Å². The number of halogens is 2. The number of aromatic nitrogens is 2. The normalized spacial score (nSPS) is 22.6. The summed E-state index contributed by atoms with van der Waals surface area (Å²) in [4.78, 5) is 16.0. The molecule has 0 aliphatic carbocycles. The zero-order valence-electron chi connectivity index (χ0n) is 16.8. The van der Waals surface area contributed by atoms with Gasteiger partial charge in [-0.1, -0.05) is 23.3 Å². The van der Waals surface area contributed by atoms with Gasteiger partial charge in [0.15, 0.2) is 11.5 Å².